The maximum Gasteiger partial charge on any atom is 0.358 e. The number of ether oxygens (including phenoxy) is 1. The van der Waals surface area contributed by atoms with Crippen LogP contribution in [-0.2, 0) is 4.74 Å². The lowest BCUT2D eigenvalue weighted by Crippen LogP contribution is -2.26. The monoisotopic (exact) mass is 246 g/mol. The topological polar surface area (TPSA) is 72.0 Å². The highest BCUT2D eigenvalue weighted by Crippen LogP contribution is 2.16. The average Bonchev–Trinajstić information content (AvgIpc) is 2.25. The number of hydrogen-bond donors (Lipinski definition) is 1. The quantitative estimate of drug-likeness (QED) is 0.780. The second kappa shape index (κ2) is 4.25. The molecule has 5 heteroatoms. The lowest BCUT2D eigenvalue weighted by Gasteiger charge is -2.19. The largest absolute Gasteiger partial charge is 0.455 e. The number of rotatable bonds is 1. The van der Waals surface area contributed by atoms with Crippen LogP contribution in [0.3, 0.4) is 0 Å². The molecule has 0 bridgehead atoms. The number of para-hydroxylation sites is 1. The number of esters is 1. The van der Waals surface area contributed by atoms with E-state index in [9.17, 15) is 9.59 Å². The minimum Gasteiger partial charge on any atom is -0.455 e. The second-order valence-corrected chi connectivity index (χ2v) is 4.94. The smallest absolute Gasteiger partial charge is 0.358 e. The van der Waals surface area contributed by atoms with Crippen molar-refractivity contribution < 1.29 is 9.53 Å². The van der Waals surface area contributed by atoms with E-state index in [0.29, 0.717) is 10.9 Å². The molecule has 2 rings (SSSR count). The third-order valence-electron chi connectivity index (χ3n) is 2.23. The highest BCUT2D eigenvalue weighted by Gasteiger charge is 2.21. The molecule has 1 N–H and O–H groups in total. The Balaban J connectivity index is 2.57. The molecule has 1 aromatic heterocycles. The molecule has 94 valence electrons. The molecule has 0 atom stereocenters. The number of H-pyrrole nitrogens is 1. The van der Waals surface area contributed by atoms with Gasteiger partial charge in [0.1, 0.15) is 5.60 Å². The van der Waals surface area contributed by atoms with Crippen LogP contribution in [0.2, 0.25) is 0 Å². The number of hydrogen-bond acceptors (Lipinski definition) is 4. The third-order valence-corrected chi connectivity index (χ3v) is 2.23. The van der Waals surface area contributed by atoms with Crippen LogP contribution in [0.25, 0.3) is 10.9 Å². The first kappa shape index (κ1) is 12.3. The van der Waals surface area contributed by atoms with E-state index in [4.69, 9.17) is 4.74 Å². The van der Waals surface area contributed by atoms with E-state index in [2.05, 4.69) is 9.97 Å². The summed E-state index contributed by atoms with van der Waals surface area (Å²) < 4.78 is 5.23. The molecular formula is C13H14N2O3. The van der Waals surface area contributed by atoms with E-state index in [1.165, 1.54) is 0 Å². The van der Waals surface area contributed by atoms with Crippen LogP contribution in [0.1, 0.15) is 31.3 Å². The van der Waals surface area contributed by atoms with E-state index in [-0.39, 0.29) is 5.69 Å². The van der Waals surface area contributed by atoms with Gasteiger partial charge in [-0.3, -0.25) is 0 Å². The lowest BCUT2D eigenvalue weighted by molar-refractivity contribution is 0.00649. The van der Waals surface area contributed by atoms with Gasteiger partial charge < -0.3 is 9.72 Å². The highest BCUT2D eigenvalue weighted by molar-refractivity contribution is 6.01. The molecule has 0 saturated heterocycles. The van der Waals surface area contributed by atoms with Gasteiger partial charge in [0.25, 0.3) is 0 Å². The number of aromatic nitrogens is 2. The number of carbonyl (C=O) groups is 1. The Bertz CT molecular complexity index is 653. The van der Waals surface area contributed by atoms with E-state index < -0.39 is 17.3 Å². The van der Waals surface area contributed by atoms with Crippen molar-refractivity contribution in [2.75, 3.05) is 0 Å². The van der Waals surface area contributed by atoms with Crippen molar-refractivity contribution in [2.45, 2.75) is 26.4 Å². The van der Waals surface area contributed by atoms with Crippen LogP contribution in [0.4, 0.5) is 0 Å². The predicted molar refractivity (Wildman–Crippen MR) is 67.5 cm³/mol. The number of nitrogens with one attached hydrogen (secondary N) is 1. The van der Waals surface area contributed by atoms with Crippen LogP contribution in [0.15, 0.2) is 29.1 Å². The number of aromatic amines is 1. The first-order valence-electron chi connectivity index (χ1n) is 5.59. The molecule has 0 amide bonds. The fraction of sp³-hybridized carbons (Fsp3) is 0.308. The normalized spacial score (nSPS) is 11.5. The number of benzene rings is 1. The average molecular weight is 246 g/mol. The predicted octanol–water partition coefficient (Wildman–Crippen LogP) is 1.88. The Morgan fingerprint density at radius 2 is 1.94 bits per heavy atom. The fourth-order valence-electron chi connectivity index (χ4n) is 1.59. The number of carbonyl (C=O) groups excluding carboxylic acids is 1. The summed E-state index contributed by atoms with van der Waals surface area (Å²) in [4.78, 5) is 29.7. The van der Waals surface area contributed by atoms with Gasteiger partial charge in [-0.05, 0) is 26.8 Å². The van der Waals surface area contributed by atoms with Gasteiger partial charge in [-0.25, -0.2) is 9.59 Å². The van der Waals surface area contributed by atoms with Crippen molar-refractivity contribution in [2.24, 2.45) is 0 Å². The summed E-state index contributed by atoms with van der Waals surface area (Å²) in [5.74, 6) is -0.593. The number of nitrogens with zero attached hydrogens (tertiary/aromatic N) is 1. The minimum atomic E-state index is -0.623. The first-order chi connectivity index (χ1) is 8.37. The summed E-state index contributed by atoms with van der Waals surface area (Å²) in [7, 11) is 0. The Morgan fingerprint density at radius 1 is 1.28 bits per heavy atom. The van der Waals surface area contributed by atoms with E-state index in [1.807, 2.05) is 0 Å². The summed E-state index contributed by atoms with van der Waals surface area (Å²) >= 11 is 0. The van der Waals surface area contributed by atoms with Gasteiger partial charge in [0, 0.05) is 5.39 Å². The molecule has 2 aromatic rings. The fourth-order valence-corrected chi connectivity index (χ4v) is 1.59. The zero-order valence-electron chi connectivity index (χ0n) is 10.5. The number of fused-ring (bicyclic) bond motifs is 1. The van der Waals surface area contributed by atoms with Crippen LogP contribution in [0, 0.1) is 0 Å². The first-order valence-corrected chi connectivity index (χ1v) is 5.59. The molecule has 0 aliphatic rings. The molecule has 0 unspecified atom stereocenters. The van der Waals surface area contributed by atoms with Gasteiger partial charge in [0.15, 0.2) is 5.69 Å². The molecule has 0 fully saturated rings. The van der Waals surface area contributed by atoms with Crippen LogP contribution in [0.5, 0.6) is 0 Å². The van der Waals surface area contributed by atoms with Crippen molar-refractivity contribution in [3.63, 3.8) is 0 Å². The Kier molecular flexibility index (Phi) is 2.90. The molecule has 0 spiro atoms. The SMILES string of the molecule is CC(C)(C)OC(=O)c1nc(=O)[nH]c2ccccc12. The molecular weight excluding hydrogens is 232 g/mol. The molecule has 0 aliphatic heterocycles. The second-order valence-electron chi connectivity index (χ2n) is 4.94. The molecule has 1 aromatic carbocycles. The van der Waals surface area contributed by atoms with Gasteiger partial charge >= 0.3 is 11.7 Å². The summed E-state index contributed by atoms with van der Waals surface area (Å²) in [6.07, 6.45) is 0. The van der Waals surface area contributed by atoms with Crippen molar-refractivity contribution in [1.82, 2.24) is 9.97 Å². The van der Waals surface area contributed by atoms with Crippen LogP contribution in [-0.4, -0.2) is 21.5 Å². The Morgan fingerprint density at radius 3 is 2.61 bits per heavy atom. The van der Waals surface area contributed by atoms with Gasteiger partial charge in [0.2, 0.25) is 0 Å². The maximum absolute atomic E-state index is 12.0. The van der Waals surface area contributed by atoms with Crippen LogP contribution < -0.4 is 5.69 Å². The zero-order valence-corrected chi connectivity index (χ0v) is 10.5. The molecule has 0 aliphatic carbocycles. The van der Waals surface area contributed by atoms with Gasteiger partial charge in [-0.1, -0.05) is 18.2 Å². The van der Waals surface area contributed by atoms with Crippen molar-refractivity contribution in [3.8, 4) is 0 Å². The van der Waals surface area contributed by atoms with Gasteiger partial charge in [-0.2, -0.15) is 4.98 Å². The summed E-state index contributed by atoms with van der Waals surface area (Å²) in [5, 5.41) is 0.575. The van der Waals surface area contributed by atoms with Crippen molar-refractivity contribution in [1.29, 1.82) is 0 Å². The lowest BCUT2D eigenvalue weighted by atomic mass is 10.1. The van der Waals surface area contributed by atoms with Crippen LogP contribution >= 0.6 is 0 Å². The molecule has 18 heavy (non-hydrogen) atoms. The third kappa shape index (κ3) is 2.56. The molecule has 0 radical (unpaired) electrons. The standard InChI is InChI=1S/C13H14N2O3/c1-13(2,3)18-11(16)10-8-6-4-5-7-9(8)14-12(17)15-10/h4-7H,1-3H3,(H,14,15,17). The van der Waals surface area contributed by atoms with Gasteiger partial charge in [-0.15, -0.1) is 0 Å². The minimum absolute atomic E-state index is 0.0456. The van der Waals surface area contributed by atoms with E-state index in [0.717, 1.165) is 0 Å². The molecule has 1 heterocycles. The highest BCUT2D eigenvalue weighted by atomic mass is 16.6. The maximum atomic E-state index is 12.0. The molecule has 5 nitrogen and oxygen atoms in total. The zero-order chi connectivity index (χ0) is 13.3. The Labute approximate surface area is 104 Å². The summed E-state index contributed by atoms with van der Waals surface area (Å²) in [6.45, 7) is 5.29. The van der Waals surface area contributed by atoms with E-state index >= 15 is 0 Å². The van der Waals surface area contributed by atoms with Gasteiger partial charge in [0.05, 0.1) is 5.52 Å². The van der Waals surface area contributed by atoms with Crippen molar-refractivity contribution >= 4 is 16.9 Å². The molecule has 0 saturated carbocycles. The summed E-state index contributed by atoms with van der Waals surface area (Å²) in [6, 6.07) is 6.98. The van der Waals surface area contributed by atoms with Crippen molar-refractivity contribution in [3.05, 3.63) is 40.4 Å². The summed E-state index contributed by atoms with van der Waals surface area (Å²) in [5.41, 5.74) is -0.570. The van der Waals surface area contributed by atoms with E-state index in [1.54, 1.807) is 45.0 Å². The Hall–Kier alpha value is -2.17.